The number of ether oxygens (including phenoxy) is 1. The number of anilines is 1. The maximum absolute atomic E-state index is 6.26. The molecule has 0 radical (unpaired) electrons. The van der Waals surface area contributed by atoms with Crippen LogP contribution in [0.15, 0.2) is 36.5 Å². The summed E-state index contributed by atoms with van der Waals surface area (Å²) in [7, 11) is 1.64. The molecule has 2 aromatic heterocycles. The van der Waals surface area contributed by atoms with Crippen molar-refractivity contribution in [2.24, 2.45) is 0 Å². The Kier molecular flexibility index (Phi) is 2.86. The molecule has 3 aromatic rings. The van der Waals surface area contributed by atoms with E-state index < -0.39 is 0 Å². The molecule has 0 saturated carbocycles. The Bertz CT molecular complexity index is 790. The van der Waals surface area contributed by atoms with E-state index in [1.54, 1.807) is 7.11 Å². The van der Waals surface area contributed by atoms with Crippen LogP contribution in [0.3, 0.4) is 0 Å². The molecule has 0 aliphatic heterocycles. The number of benzene rings is 1. The zero-order chi connectivity index (χ0) is 14.3. The summed E-state index contributed by atoms with van der Waals surface area (Å²) >= 11 is 0. The lowest BCUT2D eigenvalue weighted by Gasteiger charge is -2.06. The van der Waals surface area contributed by atoms with Gasteiger partial charge in [0, 0.05) is 11.8 Å². The molecule has 2 N–H and O–H groups in total. The van der Waals surface area contributed by atoms with Crippen LogP contribution in [-0.4, -0.2) is 16.5 Å². The summed E-state index contributed by atoms with van der Waals surface area (Å²) in [5.74, 6) is 1.35. The zero-order valence-electron chi connectivity index (χ0n) is 11.8. The van der Waals surface area contributed by atoms with Gasteiger partial charge in [0.1, 0.15) is 11.5 Å². The summed E-state index contributed by atoms with van der Waals surface area (Å²) < 4.78 is 7.20. The van der Waals surface area contributed by atoms with Crippen LogP contribution in [0.5, 0.6) is 5.75 Å². The number of aromatic nitrogens is 2. The average molecular weight is 267 g/mol. The largest absolute Gasteiger partial charge is 0.493 e. The van der Waals surface area contributed by atoms with Gasteiger partial charge in [-0.05, 0) is 37.1 Å². The number of aryl methyl sites for hydroxylation is 1. The van der Waals surface area contributed by atoms with Gasteiger partial charge in [-0.15, -0.1) is 0 Å². The molecule has 4 nitrogen and oxygen atoms in total. The molecule has 0 aliphatic rings. The van der Waals surface area contributed by atoms with Crippen molar-refractivity contribution in [2.45, 2.75) is 13.8 Å². The number of imidazole rings is 1. The second-order valence-electron chi connectivity index (χ2n) is 4.86. The molecule has 0 fully saturated rings. The van der Waals surface area contributed by atoms with Crippen molar-refractivity contribution in [3.63, 3.8) is 0 Å². The van der Waals surface area contributed by atoms with Crippen LogP contribution in [0.1, 0.15) is 11.1 Å². The highest BCUT2D eigenvalue weighted by atomic mass is 16.5. The van der Waals surface area contributed by atoms with Gasteiger partial charge in [0.25, 0.3) is 0 Å². The van der Waals surface area contributed by atoms with E-state index in [0.29, 0.717) is 5.82 Å². The van der Waals surface area contributed by atoms with Crippen molar-refractivity contribution in [3.05, 3.63) is 47.7 Å². The smallest absolute Gasteiger partial charge is 0.181 e. The van der Waals surface area contributed by atoms with Gasteiger partial charge in [-0.3, -0.25) is 4.40 Å². The van der Waals surface area contributed by atoms with Gasteiger partial charge in [0.2, 0.25) is 0 Å². The number of nitrogens with zero attached hydrogens (tertiary/aromatic N) is 2. The summed E-state index contributed by atoms with van der Waals surface area (Å²) in [4.78, 5) is 4.67. The molecule has 0 unspecified atom stereocenters. The molecular formula is C16H17N3O. The molecule has 3 rings (SSSR count). The Morgan fingerprint density at radius 2 is 1.95 bits per heavy atom. The molecular weight excluding hydrogens is 250 g/mol. The Labute approximate surface area is 117 Å². The molecule has 0 aliphatic carbocycles. The van der Waals surface area contributed by atoms with Crippen molar-refractivity contribution < 1.29 is 4.74 Å². The molecule has 0 bridgehead atoms. The topological polar surface area (TPSA) is 52.5 Å². The lowest BCUT2D eigenvalue weighted by molar-refractivity contribution is 0.417. The van der Waals surface area contributed by atoms with Crippen LogP contribution in [0.2, 0.25) is 0 Å². The molecule has 0 spiro atoms. The van der Waals surface area contributed by atoms with E-state index in [1.807, 2.05) is 34.9 Å². The highest BCUT2D eigenvalue weighted by Crippen LogP contribution is 2.32. The van der Waals surface area contributed by atoms with E-state index in [-0.39, 0.29) is 0 Å². The maximum atomic E-state index is 6.26. The quantitative estimate of drug-likeness (QED) is 0.775. The number of fused-ring (bicyclic) bond motifs is 1. The van der Waals surface area contributed by atoms with Gasteiger partial charge in [0.05, 0.1) is 7.11 Å². The van der Waals surface area contributed by atoms with E-state index >= 15 is 0 Å². The van der Waals surface area contributed by atoms with Gasteiger partial charge in [-0.1, -0.05) is 18.2 Å². The first-order valence-electron chi connectivity index (χ1n) is 6.50. The molecule has 4 heteroatoms. The van der Waals surface area contributed by atoms with Crippen molar-refractivity contribution in [1.82, 2.24) is 9.38 Å². The lowest BCUT2D eigenvalue weighted by Crippen LogP contribution is -1.96. The van der Waals surface area contributed by atoms with Gasteiger partial charge in [-0.2, -0.15) is 0 Å². The molecule has 0 saturated heterocycles. The summed E-state index contributed by atoms with van der Waals surface area (Å²) in [5, 5.41) is 0. The minimum atomic E-state index is 0.632. The number of methoxy groups -OCH3 is 1. The first-order valence-corrected chi connectivity index (χ1v) is 6.50. The zero-order valence-corrected chi connectivity index (χ0v) is 11.8. The van der Waals surface area contributed by atoms with Crippen LogP contribution in [0, 0.1) is 13.8 Å². The third-order valence-electron chi connectivity index (χ3n) is 3.73. The summed E-state index contributed by atoms with van der Waals surface area (Å²) in [6, 6.07) is 9.95. The van der Waals surface area contributed by atoms with Crippen LogP contribution < -0.4 is 10.5 Å². The molecule has 2 heterocycles. The van der Waals surface area contributed by atoms with Gasteiger partial charge in [-0.25, -0.2) is 4.98 Å². The van der Waals surface area contributed by atoms with Gasteiger partial charge in [0.15, 0.2) is 11.4 Å². The summed E-state index contributed by atoms with van der Waals surface area (Å²) in [6.45, 7) is 4.18. The van der Waals surface area contributed by atoms with Crippen LogP contribution in [-0.2, 0) is 0 Å². The minimum Gasteiger partial charge on any atom is -0.493 e. The average Bonchev–Trinajstić information content (AvgIpc) is 2.79. The Morgan fingerprint density at radius 1 is 1.15 bits per heavy atom. The second-order valence-corrected chi connectivity index (χ2v) is 4.86. The Morgan fingerprint density at radius 3 is 2.70 bits per heavy atom. The van der Waals surface area contributed by atoms with Crippen molar-refractivity contribution in [3.8, 4) is 17.0 Å². The van der Waals surface area contributed by atoms with Gasteiger partial charge < -0.3 is 10.5 Å². The third-order valence-corrected chi connectivity index (χ3v) is 3.73. The maximum Gasteiger partial charge on any atom is 0.181 e. The normalized spacial score (nSPS) is 10.9. The molecule has 20 heavy (non-hydrogen) atoms. The van der Waals surface area contributed by atoms with E-state index in [0.717, 1.165) is 22.7 Å². The SMILES string of the molecule is COc1cccn2c(N)c(-c3cccc(C)c3C)nc12. The molecule has 0 atom stereocenters. The van der Waals surface area contributed by atoms with Crippen LogP contribution in [0.25, 0.3) is 16.9 Å². The fraction of sp³-hybridized carbons (Fsp3) is 0.188. The van der Waals surface area contributed by atoms with Crippen molar-refractivity contribution >= 4 is 11.5 Å². The van der Waals surface area contributed by atoms with Crippen molar-refractivity contribution in [2.75, 3.05) is 12.8 Å². The van der Waals surface area contributed by atoms with E-state index in [9.17, 15) is 0 Å². The highest BCUT2D eigenvalue weighted by Gasteiger charge is 2.16. The first kappa shape index (κ1) is 12.5. The number of hydrogen-bond acceptors (Lipinski definition) is 3. The predicted molar refractivity (Wildman–Crippen MR) is 81.1 cm³/mol. The van der Waals surface area contributed by atoms with Crippen LogP contribution >= 0.6 is 0 Å². The van der Waals surface area contributed by atoms with E-state index in [2.05, 4.69) is 24.9 Å². The number of hydrogen-bond donors (Lipinski definition) is 1. The number of pyridine rings is 1. The molecule has 1 aromatic carbocycles. The first-order chi connectivity index (χ1) is 9.63. The number of rotatable bonds is 2. The number of nitrogens with two attached hydrogens (primary N) is 1. The molecule has 0 amide bonds. The summed E-state index contributed by atoms with van der Waals surface area (Å²) in [5.41, 5.74) is 11.3. The fourth-order valence-electron chi connectivity index (χ4n) is 2.43. The van der Waals surface area contributed by atoms with E-state index in [4.69, 9.17) is 10.5 Å². The van der Waals surface area contributed by atoms with Gasteiger partial charge >= 0.3 is 0 Å². The Hall–Kier alpha value is -2.49. The van der Waals surface area contributed by atoms with Crippen LogP contribution in [0.4, 0.5) is 5.82 Å². The Balaban J connectivity index is 2.32. The second kappa shape index (κ2) is 4.56. The minimum absolute atomic E-state index is 0.632. The molecule has 102 valence electrons. The standard InChI is InChI=1S/C16H17N3O/c1-10-6-4-7-12(11(10)2)14-15(17)19-9-5-8-13(20-3)16(19)18-14/h4-9H,17H2,1-3H3. The number of nitrogen functional groups attached to an aromatic ring is 1. The lowest BCUT2D eigenvalue weighted by atomic mass is 10.0. The third kappa shape index (κ3) is 1.72. The highest BCUT2D eigenvalue weighted by molar-refractivity contribution is 5.79. The summed E-state index contributed by atoms with van der Waals surface area (Å²) in [6.07, 6.45) is 1.90. The fourth-order valence-corrected chi connectivity index (χ4v) is 2.43. The van der Waals surface area contributed by atoms with Crippen molar-refractivity contribution in [1.29, 1.82) is 0 Å². The van der Waals surface area contributed by atoms with E-state index in [1.165, 1.54) is 11.1 Å². The monoisotopic (exact) mass is 267 g/mol. The predicted octanol–water partition coefficient (Wildman–Crippen LogP) is 3.21.